The first kappa shape index (κ1) is 23.2. The lowest BCUT2D eigenvalue weighted by Crippen LogP contribution is -2.13. The molecule has 0 fully saturated rings. The molecule has 2 nitrogen and oxygen atoms in total. The molecular formula is C31H36O2. The van der Waals surface area contributed by atoms with Crippen LogP contribution in [0.15, 0.2) is 48.5 Å². The molecule has 0 aliphatic rings. The standard InChI is InChI=1S/C31H36O2/c1-18-9-11-22-24(13-18)20(16-26(28(22)32)30(3,4)5)15-21-17-27(31(6,7)8)29(33)23-12-10-19(2)14-25(21)23/h9-14,16-17,32-33H,15H2,1-8H3. The Balaban J connectivity index is 2.05. The quantitative estimate of drug-likeness (QED) is 0.330. The van der Waals surface area contributed by atoms with Crippen molar-refractivity contribution < 1.29 is 10.2 Å². The van der Waals surface area contributed by atoms with E-state index in [0.717, 1.165) is 39.1 Å². The number of rotatable bonds is 2. The van der Waals surface area contributed by atoms with Crippen molar-refractivity contribution in [3.63, 3.8) is 0 Å². The van der Waals surface area contributed by atoms with E-state index in [1.807, 2.05) is 12.1 Å². The van der Waals surface area contributed by atoms with Crippen molar-refractivity contribution in [3.8, 4) is 11.5 Å². The maximum atomic E-state index is 11.1. The monoisotopic (exact) mass is 440 g/mol. The van der Waals surface area contributed by atoms with Crippen molar-refractivity contribution in [1.82, 2.24) is 0 Å². The highest BCUT2D eigenvalue weighted by Crippen LogP contribution is 2.42. The van der Waals surface area contributed by atoms with Gasteiger partial charge >= 0.3 is 0 Å². The second-order valence-corrected chi connectivity index (χ2v) is 11.6. The second kappa shape index (κ2) is 7.80. The summed E-state index contributed by atoms with van der Waals surface area (Å²) >= 11 is 0. The van der Waals surface area contributed by atoms with Crippen LogP contribution in [0.1, 0.15) is 74.9 Å². The molecule has 0 atom stereocenters. The molecule has 4 aromatic rings. The summed E-state index contributed by atoms with van der Waals surface area (Å²) in [5.41, 5.74) is 6.31. The van der Waals surface area contributed by atoms with E-state index in [9.17, 15) is 10.2 Å². The highest BCUT2D eigenvalue weighted by Gasteiger charge is 2.24. The van der Waals surface area contributed by atoms with Crippen molar-refractivity contribution in [2.75, 3.05) is 0 Å². The molecule has 0 saturated heterocycles. The van der Waals surface area contributed by atoms with E-state index in [1.165, 1.54) is 22.3 Å². The predicted molar refractivity (Wildman–Crippen MR) is 141 cm³/mol. The smallest absolute Gasteiger partial charge is 0.127 e. The summed E-state index contributed by atoms with van der Waals surface area (Å²) in [5, 5.41) is 26.2. The van der Waals surface area contributed by atoms with Crippen molar-refractivity contribution in [2.24, 2.45) is 0 Å². The molecule has 4 rings (SSSR count). The van der Waals surface area contributed by atoms with Gasteiger partial charge in [-0.1, -0.05) is 101 Å². The minimum Gasteiger partial charge on any atom is -0.507 e. The maximum absolute atomic E-state index is 11.1. The van der Waals surface area contributed by atoms with Crippen LogP contribution in [0.2, 0.25) is 0 Å². The zero-order valence-electron chi connectivity index (χ0n) is 21.2. The van der Waals surface area contributed by atoms with Crippen LogP contribution in [0, 0.1) is 13.8 Å². The molecule has 0 aliphatic heterocycles. The van der Waals surface area contributed by atoms with Crippen molar-refractivity contribution >= 4 is 21.5 Å². The second-order valence-electron chi connectivity index (χ2n) is 11.6. The Kier molecular flexibility index (Phi) is 5.47. The molecule has 0 amide bonds. The topological polar surface area (TPSA) is 40.5 Å². The molecule has 0 heterocycles. The number of aryl methyl sites for hydroxylation is 2. The van der Waals surface area contributed by atoms with Crippen LogP contribution in [0.25, 0.3) is 21.5 Å². The van der Waals surface area contributed by atoms with Gasteiger partial charge in [-0.3, -0.25) is 0 Å². The molecule has 4 aromatic carbocycles. The fraction of sp³-hybridized carbons (Fsp3) is 0.355. The Labute approximate surface area is 197 Å². The van der Waals surface area contributed by atoms with E-state index in [4.69, 9.17) is 0 Å². The van der Waals surface area contributed by atoms with Gasteiger partial charge in [0.1, 0.15) is 11.5 Å². The number of fused-ring (bicyclic) bond motifs is 2. The largest absolute Gasteiger partial charge is 0.507 e. The van der Waals surface area contributed by atoms with E-state index < -0.39 is 0 Å². The minimum absolute atomic E-state index is 0.178. The number of phenols is 2. The summed E-state index contributed by atoms with van der Waals surface area (Å²) in [7, 11) is 0. The van der Waals surface area contributed by atoms with Gasteiger partial charge in [0.25, 0.3) is 0 Å². The Morgan fingerprint density at radius 3 is 1.24 bits per heavy atom. The van der Waals surface area contributed by atoms with E-state index in [-0.39, 0.29) is 10.8 Å². The number of aromatic hydroxyl groups is 2. The molecule has 0 aliphatic carbocycles. The fourth-order valence-electron chi connectivity index (χ4n) is 4.83. The third-order valence-electron chi connectivity index (χ3n) is 6.70. The average Bonchev–Trinajstić information content (AvgIpc) is 2.69. The van der Waals surface area contributed by atoms with E-state index in [1.54, 1.807) is 0 Å². The first-order chi connectivity index (χ1) is 15.3. The van der Waals surface area contributed by atoms with Gasteiger partial charge in [-0.2, -0.15) is 0 Å². The van der Waals surface area contributed by atoms with Crippen LogP contribution >= 0.6 is 0 Å². The molecule has 0 radical (unpaired) electrons. The third-order valence-corrected chi connectivity index (χ3v) is 6.70. The van der Waals surface area contributed by atoms with Gasteiger partial charge in [0, 0.05) is 21.9 Å². The zero-order chi connectivity index (χ0) is 24.3. The summed E-state index contributed by atoms with van der Waals surface area (Å²) in [6.07, 6.45) is 0.729. The molecule has 0 spiro atoms. The van der Waals surface area contributed by atoms with Gasteiger partial charge in [-0.05, 0) is 53.0 Å². The fourth-order valence-corrected chi connectivity index (χ4v) is 4.83. The summed E-state index contributed by atoms with van der Waals surface area (Å²) in [6, 6.07) is 16.9. The van der Waals surface area contributed by atoms with Gasteiger partial charge in [0.15, 0.2) is 0 Å². The number of hydrogen-bond acceptors (Lipinski definition) is 2. The van der Waals surface area contributed by atoms with Crippen LogP contribution in [0.3, 0.4) is 0 Å². The van der Waals surface area contributed by atoms with Crippen LogP contribution < -0.4 is 0 Å². The van der Waals surface area contributed by atoms with Gasteiger partial charge in [-0.15, -0.1) is 0 Å². The maximum Gasteiger partial charge on any atom is 0.127 e. The molecule has 33 heavy (non-hydrogen) atoms. The van der Waals surface area contributed by atoms with Crippen molar-refractivity contribution in [3.05, 3.63) is 81.9 Å². The number of phenolic OH excluding ortho intramolecular Hbond substituents is 2. The van der Waals surface area contributed by atoms with Crippen molar-refractivity contribution in [2.45, 2.75) is 72.6 Å². The summed E-state index contributed by atoms with van der Waals surface area (Å²) < 4.78 is 0. The van der Waals surface area contributed by atoms with Gasteiger partial charge in [-0.25, -0.2) is 0 Å². The lowest BCUT2D eigenvalue weighted by atomic mass is 9.80. The lowest BCUT2D eigenvalue weighted by Gasteiger charge is -2.25. The van der Waals surface area contributed by atoms with Crippen LogP contribution in [-0.4, -0.2) is 10.2 Å². The zero-order valence-corrected chi connectivity index (χ0v) is 21.2. The molecule has 2 N–H and O–H groups in total. The summed E-state index contributed by atoms with van der Waals surface area (Å²) in [5.74, 6) is 0.756. The van der Waals surface area contributed by atoms with Crippen LogP contribution in [0.5, 0.6) is 11.5 Å². The van der Waals surface area contributed by atoms with E-state index in [2.05, 4.69) is 91.8 Å². The number of benzene rings is 4. The molecule has 0 saturated carbocycles. The molecule has 172 valence electrons. The van der Waals surface area contributed by atoms with Gasteiger partial charge in [0.05, 0.1) is 0 Å². The molecule has 2 heteroatoms. The SMILES string of the molecule is Cc1ccc2c(O)c(C(C)(C)C)cc(Cc3cc(C(C)(C)C)c(O)c4ccc(C)cc34)c2c1. The normalized spacial score (nSPS) is 12.6. The van der Waals surface area contributed by atoms with Crippen LogP contribution in [0.4, 0.5) is 0 Å². The summed E-state index contributed by atoms with van der Waals surface area (Å²) in [4.78, 5) is 0. The lowest BCUT2D eigenvalue weighted by molar-refractivity contribution is 0.452. The molecule has 0 bridgehead atoms. The molecule has 0 aromatic heterocycles. The Bertz CT molecular complexity index is 1270. The highest BCUT2D eigenvalue weighted by molar-refractivity contribution is 5.96. The first-order valence-electron chi connectivity index (χ1n) is 11.8. The highest BCUT2D eigenvalue weighted by atomic mass is 16.3. The van der Waals surface area contributed by atoms with Crippen LogP contribution in [-0.2, 0) is 17.3 Å². The molecule has 0 unspecified atom stereocenters. The first-order valence-corrected chi connectivity index (χ1v) is 11.8. The summed E-state index contributed by atoms with van der Waals surface area (Å²) in [6.45, 7) is 17.0. The number of hydrogen-bond donors (Lipinski definition) is 2. The van der Waals surface area contributed by atoms with Crippen molar-refractivity contribution in [1.29, 1.82) is 0 Å². The van der Waals surface area contributed by atoms with E-state index in [0.29, 0.717) is 11.5 Å². The Morgan fingerprint density at radius 1 is 0.545 bits per heavy atom. The van der Waals surface area contributed by atoms with E-state index >= 15 is 0 Å². The Morgan fingerprint density at radius 2 is 0.909 bits per heavy atom. The molecular weight excluding hydrogens is 404 g/mol. The van der Waals surface area contributed by atoms with Gasteiger partial charge in [0.2, 0.25) is 0 Å². The average molecular weight is 441 g/mol. The van der Waals surface area contributed by atoms with Gasteiger partial charge < -0.3 is 10.2 Å². The predicted octanol–water partition coefficient (Wildman–Crippen LogP) is 8.21. The Hall–Kier alpha value is -3.00. The third kappa shape index (κ3) is 4.19. The minimum atomic E-state index is -0.178.